The van der Waals surface area contributed by atoms with Gasteiger partial charge in [0.1, 0.15) is 5.82 Å². The molecule has 2 nitrogen and oxygen atoms in total. The van der Waals surface area contributed by atoms with Gasteiger partial charge in [0.05, 0.1) is 5.75 Å². The second-order valence-electron chi connectivity index (χ2n) is 3.46. The summed E-state index contributed by atoms with van der Waals surface area (Å²) in [5.74, 6) is 0.287. The maximum absolute atomic E-state index is 13.3. The Hall–Kier alpha value is -0.260. The van der Waals surface area contributed by atoms with Gasteiger partial charge in [-0.05, 0) is 25.1 Å². The zero-order valence-electron chi connectivity index (χ0n) is 8.37. The molecule has 0 fully saturated rings. The molecule has 84 valence electrons. The van der Waals surface area contributed by atoms with Crippen molar-refractivity contribution >= 4 is 26.7 Å². The first-order valence-electron chi connectivity index (χ1n) is 4.53. The van der Waals surface area contributed by atoms with Gasteiger partial charge in [0.15, 0.2) is 0 Å². The van der Waals surface area contributed by atoms with Crippen molar-refractivity contribution in [2.75, 3.05) is 5.75 Å². The van der Waals surface area contributed by atoms with Crippen molar-refractivity contribution < 1.29 is 8.60 Å². The Morgan fingerprint density at radius 1 is 1.60 bits per heavy atom. The SMILES string of the molecule is CC(N)CS(=O)Cc1cc(Br)ccc1F. The lowest BCUT2D eigenvalue weighted by Gasteiger charge is -2.06. The topological polar surface area (TPSA) is 43.1 Å². The predicted octanol–water partition coefficient (Wildman–Crippen LogP) is 2.18. The van der Waals surface area contributed by atoms with Gasteiger partial charge in [0.25, 0.3) is 0 Å². The quantitative estimate of drug-likeness (QED) is 0.925. The van der Waals surface area contributed by atoms with E-state index in [9.17, 15) is 8.60 Å². The van der Waals surface area contributed by atoms with Gasteiger partial charge in [0, 0.05) is 32.6 Å². The molecule has 0 aliphatic heterocycles. The summed E-state index contributed by atoms with van der Waals surface area (Å²) in [6.45, 7) is 1.79. The van der Waals surface area contributed by atoms with E-state index < -0.39 is 10.8 Å². The van der Waals surface area contributed by atoms with Crippen molar-refractivity contribution in [2.24, 2.45) is 5.73 Å². The highest BCUT2D eigenvalue weighted by atomic mass is 79.9. The molecule has 0 heterocycles. The van der Waals surface area contributed by atoms with Gasteiger partial charge >= 0.3 is 0 Å². The summed E-state index contributed by atoms with van der Waals surface area (Å²) < 4.78 is 25.6. The van der Waals surface area contributed by atoms with E-state index in [-0.39, 0.29) is 17.6 Å². The molecule has 2 atom stereocenters. The van der Waals surface area contributed by atoms with Crippen LogP contribution in [-0.4, -0.2) is 16.0 Å². The van der Waals surface area contributed by atoms with Crippen LogP contribution in [-0.2, 0) is 16.6 Å². The Bertz CT molecular complexity index is 370. The molecule has 0 amide bonds. The van der Waals surface area contributed by atoms with Crippen LogP contribution in [0.3, 0.4) is 0 Å². The number of halogens is 2. The van der Waals surface area contributed by atoms with E-state index in [2.05, 4.69) is 15.9 Å². The fourth-order valence-corrected chi connectivity index (χ4v) is 2.86. The fraction of sp³-hybridized carbons (Fsp3) is 0.400. The first-order valence-corrected chi connectivity index (χ1v) is 6.81. The third kappa shape index (κ3) is 4.40. The third-order valence-corrected chi connectivity index (χ3v) is 3.80. The number of nitrogens with two attached hydrogens (primary N) is 1. The molecule has 0 saturated carbocycles. The molecule has 0 aromatic heterocycles. The van der Waals surface area contributed by atoms with Crippen molar-refractivity contribution in [2.45, 2.75) is 18.7 Å². The minimum absolute atomic E-state index is 0.124. The lowest BCUT2D eigenvalue weighted by Crippen LogP contribution is -2.23. The lowest BCUT2D eigenvalue weighted by molar-refractivity contribution is 0.614. The van der Waals surface area contributed by atoms with E-state index in [4.69, 9.17) is 5.73 Å². The Morgan fingerprint density at radius 2 is 2.27 bits per heavy atom. The highest BCUT2D eigenvalue weighted by molar-refractivity contribution is 9.10. The molecule has 0 aliphatic rings. The van der Waals surface area contributed by atoms with Gasteiger partial charge in [-0.2, -0.15) is 0 Å². The molecule has 0 spiro atoms. The van der Waals surface area contributed by atoms with Crippen molar-refractivity contribution in [3.05, 3.63) is 34.1 Å². The van der Waals surface area contributed by atoms with E-state index in [1.54, 1.807) is 19.1 Å². The molecule has 1 aromatic rings. The fourth-order valence-electron chi connectivity index (χ4n) is 1.18. The minimum atomic E-state index is -1.11. The van der Waals surface area contributed by atoms with E-state index in [1.165, 1.54) is 6.07 Å². The number of rotatable bonds is 4. The van der Waals surface area contributed by atoms with Crippen LogP contribution >= 0.6 is 15.9 Å². The average Bonchev–Trinajstić information content (AvgIpc) is 2.10. The molecule has 5 heteroatoms. The van der Waals surface area contributed by atoms with Crippen molar-refractivity contribution in [1.29, 1.82) is 0 Å². The molecule has 0 aliphatic carbocycles. The summed E-state index contributed by atoms with van der Waals surface area (Å²) in [5, 5.41) is 0. The summed E-state index contributed by atoms with van der Waals surface area (Å²) >= 11 is 3.25. The van der Waals surface area contributed by atoms with Crippen molar-refractivity contribution in [3.8, 4) is 0 Å². The molecule has 1 rings (SSSR count). The first kappa shape index (κ1) is 12.8. The molecule has 2 N–H and O–H groups in total. The highest BCUT2D eigenvalue weighted by Gasteiger charge is 2.09. The lowest BCUT2D eigenvalue weighted by atomic mass is 10.2. The number of hydrogen-bond acceptors (Lipinski definition) is 2. The van der Waals surface area contributed by atoms with Crippen LogP contribution in [0.1, 0.15) is 12.5 Å². The van der Waals surface area contributed by atoms with Gasteiger partial charge in [-0.25, -0.2) is 4.39 Å². The highest BCUT2D eigenvalue weighted by Crippen LogP contribution is 2.17. The monoisotopic (exact) mass is 293 g/mol. The molecule has 0 radical (unpaired) electrons. The van der Waals surface area contributed by atoms with Crippen molar-refractivity contribution in [3.63, 3.8) is 0 Å². The van der Waals surface area contributed by atoms with Gasteiger partial charge < -0.3 is 5.73 Å². The first-order chi connectivity index (χ1) is 6.99. The number of benzene rings is 1. The standard InChI is InChI=1S/C10H13BrFNOS/c1-7(13)5-15(14)6-8-4-9(11)2-3-10(8)12/h2-4,7H,5-6,13H2,1H3. The summed E-state index contributed by atoms with van der Waals surface area (Å²) in [5.41, 5.74) is 5.98. The zero-order valence-corrected chi connectivity index (χ0v) is 10.8. The van der Waals surface area contributed by atoms with Gasteiger partial charge in [-0.3, -0.25) is 4.21 Å². The Balaban J connectivity index is 2.71. The van der Waals surface area contributed by atoms with Crippen LogP contribution in [0.15, 0.2) is 22.7 Å². The number of hydrogen-bond donors (Lipinski definition) is 1. The second-order valence-corrected chi connectivity index (χ2v) is 5.88. The smallest absolute Gasteiger partial charge is 0.127 e. The summed E-state index contributed by atoms with van der Waals surface area (Å²) in [7, 11) is -1.11. The molecular weight excluding hydrogens is 281 g/mol. The van der Waals surface area contributed by atoms with Gasteiger partial charge in [0.2, 0.25) is 0 Å². The van der Waals surface area contributed by atoms with Crippen LogP contribution in [0.2, 0.25) is 0 Å². The van der Waals surface area contributed by atoms with Gasteiger partial charge in [-0.1, -0.05) is 15.9 Å². The van der Waals surface area contributed by atoms with Crippen LogP contribution in [0.5, 0.6) is 0 Å². The van der Waals surface area contributed by atoms with Crippen molar-refractivity contribution in [1.82, 2.24) is 0 Å². The largest absolute Gasteiger partial charge is 0.327 e. The predicted molar refractivity (Wildman–Crippen MR) is 64.5 cm³/mol. The molecule has 0 saturated heterocycles. The summed E-state index contributed by atoms with van der Waals surface area (Å²) in [6, 6.07) is 4.51. The van der Waals surface area contributed by atoms with E-state index in [1.807, 2.05) is 0 Å². The Labute approximate surface area is 99.6 Å². The zero-order chi connectivity index (χ0) is 11.4. The molecule has 1 aromatic carbocycles. The molecule has 0 bridgehead atoms. The molecule has 15 heavy (non-hydrogen) atoms. The second kappa shape index (κ2) is 5.72. The van der Waals surface area contributed by atoms with Crippen LogP contribution in [0, 0.1) is 5.82 Å². The maximum atomic E-state index is 13.3. The van der Waals surface area contributed by atoms with Crippen LogP contribution < -0.4 is 5.73 Å². The Morgan fingerprint density at radius 3 is 2.87 bits per heavy atom. The third-order valence-electron chi connectivity index (χ3n) is 1.77. The summed E-state index contributed by atoms with van der Waals surface area (Å²) in [4.78, 5) is 0. The molecule has 2 unspecified atom stereocenters. The van der Waals surface area contributed by atoms with Gasteiger partial charge in [-0.15, -0.1) is 0 Å². The average molecular weight is 294 g/mol. The molecular formula is C10H13BrFNOS. The van der Waals surface area contributed by atoms with Crippen LogP contribution in [0.4, 0.5) is 4.39 Å². The maximum Gasteiger partial charge on any atom is 0.127 e. The summed E-state index contributed by atoms with van der Waals surface area (Å²) in [6.07, 6.45) is 0. The normalized spacial score (nSPS) is 14.9. The van der Waals surface area contributed by atoms with Crippen LogP contribution in [0.25, 0.3) is 0 Å². The van der Waals surface area contributed by atoms with E-state index in [0.717, 1.165) is 4.47 Å². The van der Waals surface area contributed by atoms with E-state index >= 15 is 0 Å². The minimum Gasteiger partial charge on any atom is -0.327 e. The Kier molecular flexibility index (Phi) is 4.89. The van der Waals surface area contributed by atoms with E-state index in [0.29, 0.717) is 11.3 Å².